The Morgan fingerprint density at radius 3 is 2.32 bits per heavy atom. The number of aliphatic hydroxyl groups is 1. The number of hydrogen-bond acceptors (Lipinski definition) is 5. The Bertz CT molecular complexity index is 355. The minimum Gasteiger partial charge on any atom is -0.463 e. The molecule has 0 saturated heterocycles. The van der Waals surface area contributed by atoms with Crippen LogP contribution in [0.4, 0.5) is 0 Å². The van der Waals surface area contributed by atoms with E-state index in [1.165, 1.54) is 6.92 Å². The highest BCUT2D eigenvalue weighted by Crippen LogP contribution is 2.24. The number of allylic oxidation sites excluding steroid dienone is 1. The van der Waals surface area contributed by atoms with E-state index in [1.807, 2.05) is 0 Å². The zero-order chi connectivity index (χ0) is 14.9. The molecule has 5 heteroatoms. The summed E-state index contributed by atoms with van der Waals surface area (Å²) in [4.78, 5) is 23.3. The van der Waals surface area contributed by atoms with Crippen LogP contribution in [0.3, 0.4) is 0 Å². The van der Waals surface area contributed by atoms with Crippen molar-refractivity contribution in [2.45, 2.75) is 39.2 Å². The highest BCUT2D eigenvalue weighted by atomic mass is 16.5. The molecule has 0 aromatic carbocycles. The van der Waals surface area contributed by atoms with Gasteiger partial charge in [0.2, 0.25) is 0 Å². The number of hydrogen-bond donors (Lipinski definition) is 1. The van der Waals surface area contributed by atoms with Crippen LogP contribution in [0.5, 0.6) is 0 Å². The van der Waals surface area contributed by atoms with E-state index in [-0.39, 0.29) is 25.2 Å². The number of ether oxygens (including phenoxy) is 2. The number of carbonyl (C=O) groups excluding carboxylic acids is 2. The summed E-state index contributed by atoms with van der Waals surface area (Å²) in [6, 6.07) is 0. The molecule has 1 atom stereocenters. The fourth-order valence-electron chi connectivity index (χ4n) is 1.46. The molecule has 0 aromatic heterocycles. The maximum absolute atomic E-state index is 11.8. The molecule has 0 aromatic rings. The van der Waals surface area contributed by atoms with Gasteiger partial charge in [-0.15, -0.1) is 6.58 Å². The SMILES string of the molecule is C=CCCC(C)(O)/C(=C/C(=O)OCC)C(=O)OCC. The van der Waals surface area contributed by atoms with Crippen LogP contribution in [-0.2, 0) is 19.1 Å². The van der Waals surface area contributed by atoms with Crippen LogP contribution in [0.2, 0.25) is 0 Å². The first-order valence-corrected chi connectivity index (χ1v) is 6.28. The lowest BCUT2D eigenvalue weighted by atomic mass is 9.90. The molecule has 108 valence electrons. The fourth-order valence-corrected chi connectivity index (χ4v) is 1.46. The van der Waals surface area contributed by atoms with Crippen LogP contribution in [0.15, 0.2) is 24.3 Å². The molecule has 0 heterocycles. The largest absolute Gasteiger partial charge is 0.463 e. The molecule has 1 N–H and O–H groups in total. The topological polar surface area (TPSA) is 72.8 Å². The first-order valence-electron chi connectivity index (χ1n) is 6.28. The molecule has 19 heavy (non-hydrogen) atoms. The molecule has 0 spiro atoms. The monoisotopic (exact) mass is 270 g/mol. The first-order chi connectivity index (χ1) is 8.88. The standard InChI is InChI=1S/C14H22O5/c1-5-8-9-14(4,17)11(13(16)19-7-3)10-12(15)18-6-2/h5,10,17H,1,6-9H2,2-4H3/b11-10+. The summed E-state index contributed by atoms with van der Waals surface area (Å²) in [6.45, 7) is 8.68. The van der Waals surface area contributed by atoms with Gasteiger partial charge in [0.25, 0.3) is 0 Å². The van der Waals surface area contributed by atoms with Crippen molar-refractivity contribution in [2.24, 2.45) is 0 Å². The Hall–Kier alpha value is -1.62. The van der Waals surface area contributed by atoms with E-state index in [2.05, 4.69) is 6.58 Å². The summed E-state index contributed by atoms with van der Waals surface area (Å²) >= 11 is 0. The third-order valence-electron chi connectivity index (χ3n) is 2.46. The molecule has 0 bridgehead atoms. The van der Waals surface area contributed by atoms with Gasteiger partial charge >= 0.3 is 11.9 Å². The molecule has 0 rings (SSSR count). The van der Waals surface area contributed by atoms with E-state index >= 15 is 0 Å². The van der Waals surface area contributed by atoms with Crippen LogP contribution < -0.4 is 0 Å². The molecule has 0 radical (unpaired) electrons. The average molecular weight is 270 g/mol. The second-order valence-corrected chi connectivity index (χ2v) is 4.13. The van der Waals surface area contributed by atoms with Crippen molar-refractivity contribution >= 4 is 11.9 Å². The van der Waals surface area contributed by atoms with E-state index in [4.69, 9.17) is 9.47 Å². The molecule has 0 aliphatic heterocycles. The van der Waals surface area contributed by atoms with E-state index in [0.29, 0.717) is 6.42 Å². The molecule has 0 fully saturated rings. The third kappa shape index (κ3) is 6.20. The van der Waals surface area contributed by atoms with Crippen molar-refractivity contribution in [3.63, 3.8) is 0 Å². The van der Waals surface area contributed by atoms with Crippen LogP contribution in [0.25, 0.3) is 0 Å². The van der Waals surface area contributed by atoms with Crippen molar-refractivity contribution in [1.29, 1.82) is 0 Å². The second kappa shape index (κ2) is 8.48. The van der Waals surface area contributed by atoms with E-state index in [1.54, 1.807) is 19.9 Å². The molecular weight excluding hydrogens is 248 g/mol. The Balaban J connectivity index is 5.20. The van der Waals surface area contributed by atoms with Gasteiger partial charge < -0.3 is 14.6 Å². The first kappa shape index (κ1) is 17.4. The summed E-state index contributed by atoms with van der Waals surface area (Å²) in [6.07, 6.45) is 3.39. The lowest BCUT2D eigenvalue weighted by Crippen LogP contribution is -2.33. The maximum Gasteiger partial charge on any atom is 0.337 e. The molecule has 0 saturated carbocycles. The molecule has 0 aliphatic rings. The quantitative estimate of drug-likeness (QED) is 0.413. The highest BCUT2D eigenvalue weighted by molar-refractivity contribution is 5.97. The number of carbonyl (C=O) groups is 2. The normalized spacial score (nSPS) is 14.4. The minimum atomic E-state index is -1.47. The molecule has 0 amide bonds. The van der Waals surface area contributed by atoms with Gasteiger partial charge in [0, 0.05) is 6.08 Å². The summed E-state index contributed by atoms with van der Waals surface area (Å²) < 4.78 is 9.59. The lowest BCUT2D eigenvalue weighted by Gasteiger charge is -2.24. The third-order valence-corrected chi connectivity index (χ3v) is 2.46. The predicted molar refractivity (Wildman–Crippen MR) is 71.4 cm³/mol. The molecule has 1 unspecified atom stereocenters. The summed E-state index contributed by atoms with van der Waals surface area (Å²) in [5.41, 5.74) is -1.57. The lowest BCUT2D eigenvalue weighted by molar-refractivity contribution is -0.143. The van der Waals surface area contributed by atoms with Crippen molar-refractivity contribution in [1.82, 2.24) is 0 Å². The van der Waals surface area contributed by atoms with Crippen molar-refractivity contribution < 1.29 is 24.2 Å². The molecule has 5 nitrogen and oxygen atoms in total. The Labute approximate surface area is 113 Å². The van der Waals surface area contributed by atoms with Gasteiger partial charge in [0.05, 0.1) is 24.4 Å². The van der Waals surface area contributed by atoms with Gasteiger partial charge in [0.1, 0.15) is 0 Å². The average Bonchev–Trinajstić information content (AvgIpc) is 2.34. The van der Waals surface area contributed by atoms with E-state index in [9.17, 15) is 14.7 Å². The summed E-state index contributed by atoms with van der Waals surface area (Å²) in [7, 11) is 0. The van der Waals surface area contributed by atoms with Crippen LogP contribution >= 0.6 is 0 Å². The zero-order valence-electron chi connectivity index (χ0n) is 11.8. The van der Waals surface area contributed by atoms with Crippen LogP contribution in [0, 0.1) is 0 Å². The van der Waals surface area contributed by atoms with Crippen molar-refractivity contribution in [3.8, 4) is 0 Å². The highest BCUT2D eigenvalue weighted by Gasteiger charge is 2.32. The van der Waals surface area contributed by atoms with Crippen LogP contribution in [0.1, 0.15) is 33.6 Å². The van der Waals surface area contributed by atoms with Crippen LogP contribution in [-0.4, -0.2) is 35.9 Å². The van der Waals surface area contributed by atoms with Gasteiger partial charge in [-0.25, -0.2) is 9.59 Å². The van der Waals surface area contributed by atoms with E-state index in [0.717, 1.165) is 6.08 Å². The van der Waals surface area contributed by atoms with Gasteiger partial charge in [-0.3, -0.25) is 0 Å². The molecular formula is C14H22O5. The minimum absolute atomic E-state index is 0.102. The van der Waals surface area contributed by atoms with Gasteiger partial charge in [-0.2, -0.15) is 0 Å². The van der Waals surface area contributed by atoms with Gasteiger partial charge in [-0.1, -0.05) is 6.08 Å². The smallest absolute Gasteiger partial charge is 0.337 e. The Kier molecular flexibility index (Phi) is 7.75. The van der Waals surface area contributed by atoms with Crippen molar-refractivity contribution in [3.05, 3.63) is 24.3 Å². The maximum atomic E-state index is 11.8. The number of esters is 2. The Morgan fingerprint density at radius 1 is 1.26 bits per heavy atom. The van der Waals surface area contributed by atoms with Crippen molar-refractivity contribution in [2.75, 3.05) is 13.2 Å². The van der Waals surface area contributed by atoms with Gasteiger partial charge in [-0.05, 0) is 33.6 Å². The zero-order valence-corrected chi connectivity index (χ0v) is 11.8. The second-order valence-electron chi connectivity index (χ2n) is 4.13. The number of rotatable bonds is 8. The fraction of sp³-hybridized carbons (Fsp3) is 0.571. The van der Waals surface area contributed by atoms with E-state index < -0.39 is 17.5 Å². The predicted octanol–water partition coefficient (Wildman–Crippen LogP) is 1.76. The Morgan fingerprint density at radius 2 is 1.84 bits per heavy atom. The summed E-state index contributed by atoms with van der Waals surface area (Å²) in [5.74, 6) is -1.39. The summed E-state index contributed by atoms with van der Waals surface area (Å²) in [5, 5.41) is 10.3. The van der Waals surface area contributed by atoms with Gasteiger partial charge in [0.15, 0.2) is 0 Å². The molecule has 0 aliphatic carbocycles.